The molecular weight excluding hydrogens is 266 g/mol. The normalized spacial score (nSPS) is 12.5. The number of rotatable bonds is 7. The van der Waals surface area contributed by atoms with Gasteiger partial charge in [-0.1, -0.05) is 25.4 Å². The van der Waals surface area contributed by atoms with E-state index in [0.717, 1.165) is 11.3 Å². The molecular formula is C14H20ClNO3. The van der Waals surface area contributed by atoms with E-state index in [2.05, 4.69) is 5.32 Å². The largest absolute Gasteiger partial charge is 0.494 e. The van der Waals surface area contributed by atoms with Crippen LogP contribution in [0.15, 0.2) is 18.2 Å². The molecule has 0 saturated heterocycles. The van der Waals surface area contributed by atoms with Gasteiger partial charge in [-0.25, -0.2) is 0 Å². The molecule has 0 bridgehead atoms. The van der Waals surface area contributed by atoms with Crippen LogP contribution in [0.4, 0.5) is 0 Å². The summed E-state index contributed by atoms with van der Waals surface area (Å²) in [6, 6.07) is 4.76. The second-order valence-electron chi connectivity index (χ2n) is 4.63. The van der Waals surface area contributed by atoms with Crippen molar-refractivity contribution in [3.8, 4) is 5.75 Å². The number of ether oxygens (including phenoxy) is 1. The standard InChI is InChI=1S/C14H20ClNO3/c1-4-19-12-6-5-11(15)7-10(12)8-16-13(9(2)3)14(17)18/h5-7,9,13,16H,4,8H2,1-3H3,(H,17,18). The lowest BCUT2D eigenvalue weighted by Crippen LogP contribution is -2.40. The Morgan fingerprint density at radius 3 is 2.68 bits per heavy atom. The average molecular weight is 286 g/mol. The minimum absolute atomic E-state index is 0.00669. The third-order valence-electron chi connectivity index (χ3n) is 2.77. The number of halogens is 1. The van der Waals surface area contributed by atoms with E-state index >= 15 is 0 Å². The molecule has 0 aliphatic heterocycles. The molecule has 0 aliphatic rings. The SMILES string of the molecule is CCOc1ccc(Cl)cc1CNC(C(=O)O)C(C)C. The predicted octanol–water partition coefficient (Wildman–Crippen LogP) is 2.94. The van der Waals surface area contributed by atoms with E-state index in [0.29, 0.717) is 18.2 Å². The lowest BCUT2D eigenvalue weighted by molar-refractivity contribution is -0.140. The van der Waals surface area contributed by atoms with Crippen LogP contribution < -0.4 is 10.1 Å². The molecule has 0 amide bonds. The highest BCUT2D eigenvalue weighted by Gasteiger charge is 2.21. The van der Waals surface area contributed by atoms with Gasteiger partial charge in [-0.05, 0) is 31.0 Å². The summed E-state index contributed by atoms with van der Waals surface area (Å²) >= 11 is 5.96. The van der Waals surface area contributed by atoms with E-state index in [1.165, 1.54) is 0 Å². The van der Waals surface area contributed by atoms with E-state index in [4.69, 9.17) is 21.4 Å². The van der Waals surface area contributed by atoms with E-state index in [9.17, 15) is 4.79 Å². The molecule has 1 aromatic carbocycles. The summed E-state index contributed by atoms with van der Waals surface area (Å²) in [5.74, 6) is -0.116. The predicted molar refractivity (Wildman–Crippen MR) is 75.7 cm³/mol. The highest BCUT2D eigenvalue weighted by Crippen LogP contribution is 2.23. The van der Waals surface area contributed by atoms with Gasteiger partial charge in [0, 0.05) is 17.1 Å². The van der Waals surface area contributed by atoms with Gasteiger partial charge in [0.15, 0.2) is 0 Å². The summed E-state index contributed by atoms with van der Waals surface area (Å²) in [4.78, 5) is 11.1. The first-order valence-corrected chi connectivity index (χ1v) is 6.71. The molecule has 1 unspecified atom stereocenters. The van der Waals surface area contributed by atoms with Gasteiger partial charge in [-0.15, -0.1) is 0 Å². The Balaban J connectivity index is 2.80. The molecule has 5 heteroatoms. The number of carboxylic acids is 1. The van der Waals surface area contributed by atoms with Gasteiger partial charge < -0.3 is 9.84 Å². The highest BCUT2D eigenvalue weighted by atomic mass is 35.5. The molecule has 4 nitrogen and oxygen atoms in total. The maximum absolute atomic E-state index is 11.1. The zero-order valence-electron chi connectivity index (χ0n) is 11.4. The Morgan fingerprint density at radius 2 is 2.16 bits per heavy atom. The molecule has 1 aromatic rings. The van der Waals surface area contributed by atoms with Gasteiger partial charge in [0.25, 0.3) is 0 Å². The van der Waals surface area contributed by atoms with Crippen LogP contribution in [0.3, 0.4) is 0 Å². The van der Waals surface area contributed by atoms with Gasteiger partial charge in [0.1, 0.15) is 11.8 Å². The zero-order valence-corrected chi connectivity index (χ0v) is 12.2. The van der Waals surface area contributed by atoms with Gasteiger partial charge in [-0.3, -0.25) is 10.1 Å². The average Bonchev–Trinajstić information content (AvgIpc) is 2.32. The van der Waals surface area contributed by atoms with Crippen molar-refractivity contribution >= 4 is 17.6 Å². The van der Waals surface area contributed by atoms with Crippen molar-refractivity contribution in [2.75, 3.05) is 6.61 Å². The minimum Gasteiger partial charge on any atom is -0.494 e. The van der Waals surface area contributed by atoms with E-state index in [1.807, 2.05) is 20.8 Å². The number of carbonyl (C=O) groups is 1. The molecule has 0 radical (unpaired) electrons. The maximum Gasteiger partial charge on any atom is 0.320 e. The molecule has 0 heterocycles. The van der Waals surface area contributed by atoms with Crippen molar-refractivity contribution in [3.63, 3.8) is 0 Å². The van der Waals surface area contributed by atoms with E-state index in [-0.39, 0.29) is 5.92 Å². The van der Waals surface area contributed by atoms with Crippen LogP contribution in [0, 0.1) is 5.92 Å². The maximum atomic E-state index is 11.1. The van der Waals surface area contributed by atoms with Crippen LogP contribution in [-0.4, -0.2) is 23.7 Å². The molecule has 0 saturated carbocycles. The molecule has 106 valence electrons. The third-order valence-corrected chi connectivity index (χ3v) is 3.00. The fourth-order valence-corrected chi connectivity index (χ4v) is 2.01. The van der Waals surface area contributed by atoms with Crippen LogP contribution in [0.1, 0.15) is 26.3 Å². The quantitative estimate of drug-likeness (QED) is 0.809. The number of carboxylic acid groups (broad SMARTS) is 1. The lowest BCUT2D eigenvalue weighted by atomic mass is 10.0. The Kier molecular flexibility index (Phi) is 6.12. The summed E-state index contributed by atoms with van der Waals surface area (Å²) in [6.45, 7) is 6.60. The van der Waals surface area contributed by atoms with Gasteiger partial charge >= 0.3 is 5.97 Å². The molecule has 0 aliphatic carbocycles. The number of nitrogens with one attached hydrogen (secondary N) is 1. The van der Waals surface area contributed by atoms with Crippen LogP contribution in [0.2, 0.25) is 5.02 Å². The fourth-order valence-electron chi connectivity index (χ4n) is 1.81. The Hall–Kier alpha value is -1.26. The van der Waals surface area contributed by atoms with Crippen LogP contribution in [-0.2, 0) is 11.3 Å². The first kappa shape index (κ1) is 15.8. The Morgan fingerprint density at radius 1 is 1.47 bits per heavy atom. The third kappa shape index (κ3) is 4.73. The fraction of sp³-hybridized carbons (Fsp3) is 0.500. The summed E-state index contributed by atoms with van der Waals surface area (Å²) in [5, 5.41) is 12.8. The molecule has 19 heavy (non-hydrogen) atoms. The minimum atomic E-state index is -0.852. The lowest BCUT2D eigenvalue weighted by Gasteiger charge is -2.19. The van der Waals surface area contributed by atoms with Crippen molar-refractivity contribution in [2.45, 2.75) is 33.4 Å². The molecule has 2 N–H and O–H groups in total. The van der Waals surface area contributed by atoms with E-state index < -0.39 is 12.0 Å². The van der Waals surface area contributed by atoms with E-state index in [1.54, 1.807) is 18.2 Å². The number of hydrogen-bond donors (Lipinski definition) is 2. The smallest absolute Gasteiger partial charge is 0.320 e. The van der Waals surface area contributed by atoms with Gasteiger partial charge in [0.2, 0.25) is 0 Å². The zero-order chi connectivity index (χ0) is 14.4. The summed E-state index contributed by atoms with van der Waals surface area (Å²) in [6.07, 6.45) is 0. The van der Waals surface area contributed by atoms with Gasteiger partial charge in [-0.2, -0.15) is 0 Å². The molecule has 1 rings (SSSR count). The number of aliphatic carboxylic acids is 1. The summed E-state index contributed by atoms with van der Waals surface area (Å²) in [7, 11) is 0. The van der Waals surface area contributed by atoms with Crippen LogP contribution in [0.25, 0.3) is 0 Å². The Bertz CT molecular complexity index is 435. The molecule has 0 aromatic heterocycles. The van der Waals surface area contributed by atoms with Crippen molar-refractivity contribution < 1.29 is 14.6 Å². The molecule has 0 fully saturated rings. The Labute approximate surface area is 118 Å². The van der Waals surface area contributed by atoms with Crippen molar-refractivity contribution in [2.24, 2.45) is 5.92 Å². The second kappa shape index (κ2) is 7.36. The summed E-state index contributed by atoms with van der Waals surface area (Å²) in [5.41, 5.74) is 0.862. The van der Waals surface area contributed by atoms with Crippen LogP contribution >= 0.6 is 11.6 Å². The van der Waals surface area contributed by atoms with Crippen molar-refractivity contribution in [3.05, 3.63) is 28.8 Å². The molecule has 0 spiro atoms. The topological polar surface area (TPSA) is 58.6 Å². The highest BCUT2D eigenvalue weighted by molar-refractivity contribution is 6.30. The van der Waals surface area contributed by atoms with Crippen molar-refractivity contribution in [1.82, 2.24) is 5.32 Å². The number of hydrogen-bond acceptors (Lipinski definition) is 3. The molecule has 1 atom stereocenters. The monoisotopic (exact) mass is 285 g/mol. The number of benzene rings is 1. The van der Waals surface area contributed by atoms with Crippen LogP contribution in [0.5, 0.6) is 5.75 Å². The first-order valence-electron chi connectivity index (χ1n) is 6.33. The second-order valence-corrected chi connectivity index (χ2v) is 5.06. The first-order chi connectivity index (χ1) is 8.95. The van der Waals surface area contributed by atoms with Gasteiger partial charge in [0.05, 0.1) is 6.61 Å². The summed E-state index contributed by atoms with van der Waals surface area (Å²) < 4.78 is 5.50. The van der Waals surface area contributed by atoms with Crippen molar-refractivity contribution in [1.29, 1.82) is 0 Å².